The first kappa shape index (κ1) is 34.2. The Labute approximate surface area is 283 Å². The normalized spacial score (nSPS) is 16.6. The summed E-state index contributed by atoms with van der Waals surface area (Å²) in [5.74, 6) is -0.282. The van der Waals surface area contributed by atoms with Gasteiger partial charge in [0.05, 0.1) is 42.0 Å². The Morgan fingerprint density at radius 2 is 1.65 bits per heavy atom. The van der Waals surface area contributed by atoms with Crippen molar-refractivity contribution >= 4 is 28.9 Å². The molecular weight excluding hydrogens is 602 g/mol. The van der Waals surface area contributed by atoms with E-state index in [2.05, 4.69) is 64.6 Å². The lowest BCUT2D eigenvalue weighted by Crippen LogP contribution is -2.49. The van der Waals surface area contributed by atoms with Gasteiger partial charge in [0.15, 0.2) is 5.75 Å². The number of benzene rings is 4. The fourth-order valence-electron chi connectivity index (χ4n) is 5.95. The van der Waals surface area contributed by atoms with Crippen LogP contribution in [-0.4, -0.2) is 72.7 Å². The molecular formula is C39H43N5O4. The molecule has 2 N–H and O–H groups in total. The Kier molecular flexibility index (Phi) is 11.1. The summed E-state index contributed by atoms with van der Waals surface area (Å²) in [5.41, 5.74) is 5.40. The number of aliphatic hydroxyl groups excluding tert-OH is 1. The van der Waals surface area contributed by atoms with Crippen LogP contribution in [0.3, 0.4) is 0 Å². The minimum Gasteiger partial charge on any atom is -0.486 e. The van der Waals surface area contributed by atoms with Crippen LogP contribution in [0.25, 0.3) is 0 Å². The van der Waals surface area contributed by atoms with Crippen LogP contribution >= 0.6 is 0 Å². The second-order valence-corrected chi connectivity index (χ2v) is 12.6. The zero-order valence-corrected chi connectivity index (χ0v) is 28.0. The third kappa shape index (κ3) is 8.21. The zero-order chi connectivity index (χ0) is 34.2. The van der Waals surface area contributed by atoms with Crippen LogP contribution < -0.4 is 15.0 Å². The van der Waals surface area contributed by atoms with Crippen molar-refractivity contribution in [3.8, 4) is 11.8 Å². The van der Waals surface area contributed by atoms with E-state index in [1.165, 1.54) is 0 Å². The van der Waals surface area contributed by atoms with Gasteiger partial charge in [0.1, 0.15) is 6.10 Å². The minimum absolute atomic E-state index is 0.0807. The Bertz CT molecular complexity index is 1740. The number of nitriles is 1. The van der Waals surface area contributed by atoms with Crippen LogP contribution in [0.5, 0.6) is 5.75 Å². The Balaban J connectivity index is 1.35. The van der Waals surface area contributed by atoms with Gasteiger partial charge >= 0.3 is 0 Å². The highest BCUT2D eigenvalue weighted by Gasteiger charge is 2.34. The molecule has 9 nitrogen and oxygen atoms in total. The van der Waals surface area contributed by atoms with Gasteiger partial charge in [-0.15, -0.1) is 0 Å². The predicted octanol–water partition coefficient (Wildman–Crippen LogP) is 5.86. The molecule has 4 aromatic carbocycles. The third-order valence-electron chi connectivity index (χ3n) is 8.82. The van der Waals surface area contributed by atoms with Gasteiger partial charge in [-0.25, -0.2) is 0 Å². The summed E-state index contributed by atoms with van der Waals surface area (Å²) < 4.78 is 6.69. The van der Waals surface area contributed by atoms with Crippen LogP contribution in [0.1, 0.15) is 40.9 Å². The minimum atomic E-state index is -0.397. The molecule has 4 aromatic rings. The zero-order valence-electron chi connectivity index (χ0n) is 28.0. The highest BCUT2D eigenvalue weighted by Crippen LogP contribution is 2.35. The molecule has 1 aliphatic heterocycles. The number of amides is 2. The lowest BCUT2D eigenvalue weighted by Gasteiger charge is -2.38. The Morgan fingerprint density at radius 1 is 0.979 bits per heavy atom. The van der Waals surface area contributed by atoms with E-state index in [4.69, 9.17) is 10.00 Å². The number of anilines is 3. The van der Waals surface area contributed by atoms with E-state index in [0.717, 1.165) is 22.5 Å². The highest BCUT2D eigenvalue weighted by atomic mass is 16.5. The number of hydrogen-bond acceptors (Lipinski definition) is 7. The van der Waals surface area contributed by atoms with Crippen LogP contribution in [0, 0.1) is 17.2 Å². The number of nitrogens with one attached hydrogen (secondary N) is 1. The number of likely N-dealkylation sites (N-methyl/N-ethyl adjacent to an activating group) is 1. The molecule has 0 bridgehead atoms. The molecule has 0 saturated carbocycles. The van der Waals surface area contributed by atoms with E-state index < -0.39 is 6.04 Å². The predicted molar refractivity (Wildman–Crippen MR) is 188 cm³/mol. The number of carbonyl (C=O) groups excluding carboxylic acids is 2. The maximum absolute atomic E-state index is 13.8. The van der Waals surface area contributed by atoms with E-state index in [0.29, 0.717) is 42.2 Å². The van der Waals surface area contributed by atoms with E-state index in [9.17, 15) is 14.7 Å². The van der Waals surface area contributed by atoms with Crippen molar-refractivity contribution in [3.63, 3.8) is 0 Å². The quantitative estimate of drug-likeness (QED) is 0.210. The Hall–Kier alpha value is -5.17. The van der Waals surface area contributed by atoms with E-state index in [1.54, 1.807) is 47.4 Å². The van der Waals surface area contributed by atoms with Crippen molar-refractivity contribution in [2.45, 2.75) is 39.0 Å². The van der Waals surface area contributed by atoms with Gasteiger partial charge < -0.3 is 25.0 Å². The van der Waals surface area contributed by atoms with Crippen LogP contribution in [0.15, 0.2) is 97.1 Å². The van der Waals surface area contributed by atoms with E-state index in [1.807, 2.05) is 39.1 Å². The summed E-state index contributed by atoms with van der Waals surface area (Å²) in [6.07, 6.45) is -0.227. The number of carbonyl (C=O) groups is 2. The molecule has 3 atom stereocenters. The second-order valence-electron chi connectivity index (χ2n) is 12.6. The first-order valence-corrected chi connectivity index (χ1v) is 16.2. The molecule has 1 unspecified atom stereocenters. The van der Waals surface area contributed by atoms with Gasteiger partial charge in [-0.05, 0) is 73.6 Å². The first-order chi connectivity index (χ1) is 23.2. The van der Waals surface area contributed by atoms with Crippen LogP contribution in [0.4, 0.5) is 17.1 Å². The van der Waals surface area contributed by atoms with E-state index in [-0.39, 0.29) is 36.9 Å². The largest absolute Gasteiger partial charge is 0.486 e. The molecule has 248 valence electrons. The van der Waals surface area contributed by atoms with Gasteiger partial charge in [-0.3, -0.25) is 14.5 Å². The van der Waals surface area contributed by atoms with Crippen molar-refractivity contribution in [2.75, 3.05) is 44.0 Å². The summed E-state index contributed by atoms with van der Waals surface area (Å²) in [6.45, 7) is 5.37. The molecule has 0 fully saturated rings. The number of hydrogen-bond donors (Lipinski definition) is 2. The van der Waals surface area contributed by atoms with Gasteiger partial charge in [-0.1, -0.05) is 55.5 Å². The molecule has 9 heteroatoms. The smallest absolute Gasteiger partial charge is 0.258 e. The van der Waals surface area contributed by atoms with Gasteiger partial charge in [0.2, 0.25) is 5.91 Å². The van der Waals surface area contributed by atoms with Gasteiger partial charge in [-0.2, -0.15) is 5.26 Å². The topological polar surface area (TPSA) is 109 Å². The van der Waals surface area contributed by atoms with Crippen molar-refractivity contribution in [1.29, 1.82) is 5.26 Å². The lowest BCUT2D eigenvalue weighted by molar-refractivity contribution is -0.115. The molecule has 48 heavy (non-hydrogen) atoms. The second kappa shape index (κ2) is 15.6. The monoisotopic (exact) mass is 645 g/mol. The number of nitrogens with zero attached hydrogens (tertiary/aromatic N) is 4. The Morgan fingerprint density at radius 3 is 2.31 bits per heavy atom. The number of para-hydroxylation sites is 2. The fraction of sp³-hybridized carbons (Fsp3) is 0.308. The highest BCUT2D eigenvalue weighted by molar-refractivity contribution is 6.02. The lowest BCUT2D eigenvalue weighted by atomic mass is 9.98. The molecule has 0 aliphatic carbocycles. The molecule has 2 amide bonds. The molecule has 5 rings (SSSR count). The van der Waals surface area contributed by atoms with Crippen LogP contribution in [-0.2, 0) is 17.8 Å². The maximum Gasteiger partial charge on any atom is 0.258 e. The number of fused-ring (bicyclic) bond motifs is 1. The summed E-state index contributed by atoms with van der Waals surface area (Å²) in [4.78, 5) is 33.1. The molecule has 0 aromatic heterocycles. The first-order valence-electron chi connectivity index (χ1n) is 16.2. The summed E-state index contributed by atoms with van der Waals surface area (Å²) in [6, 6.07) is 32.5. The van der Waals surface area contributed by atoms with Gasteiger partial charge in [0, 0.05) is 44.0 Å². The molecule has 0 saturated heterocycles. The SMILES string of the molecule is CC(CO)N1C[C@@H](C)[C@@H](CN(C)Cc2ccc(N(C)c3ccccc3)cc2)Oc2c(NC(=O)Cc3ccc(C#N)cc3)cccc2C1=O. The maximum atomic E-state index is 13.8. The summed E-state index contributed by atoms with van der Waals surface area (Å²) >= 11 is 0. The summed E-state index contributed by atoms with van der Waals surface area (Å²) in [5, 5.41) is 22.1. The van der Waals surface area contributed by atoms with Crippen molar-refractivity contribution in [1.82, 2.24) is 9.80 Å². The van der Waals surface area contributed by atoms with E-state index >= 15 is 0 Å². The number of aliphatic hydroxyl groups is 1. The molecule has 0 spiro atoms. The average Bonchev–Trinajstić information content (AvgIpc) is 3.10. The molecule has 0 radical (unpaired) electrons. The molecule has 1 heterocycles. The van der Waals surface area contributed by atoms with Crippen molar-refractivity contribution in [2.24, 2.45) is 5.92 Å². The van der Waals surface area contributed by atoms with Crippen molar-refractivity contribution in [3.05, 3.63) is 119 Å². The van der Waals surface area contributed by atoms with Crippen LogP contribution in [0.2, 0.25) is 0 Å². The number of ether oxygens (including phenoxy) is 1. The molecule has 1 aliphatic rings. The van der Waals surface area contributed by atoms with Crippen molar-refractivity contribution < 1.29 is 19.4 Å². The average molecular weight is 646 g/mol. The summed E-state index contributed by atoms with van der Waals surface area (Å²) in [7, 11) is 4.10. The standard InChI is InChI=1S/C39H43N5O4/c1-27-23-44(28(2)26-45)39(47)34-11-8-12-35(41-37(46)21-29-13-15-30(22-40)16-14-29)38(34)48-36(27)25-42(3)24-31-17-19-33(20-18-31)43(4)32-9-6-5-7-10-32/h5-20,27-28,36,45H,21,23-26H2,1-4H3,(H,41,46)/t27-,28?,36-/m1/s1. The third-order valence-corrected chi connectivity index (χ3v) is 8.82. The fourth-order valence-corrected chi connectivity index (χ4v) is 5.95. The van der Waals surface area contributed by atoms with Gasteiger partial charge in [0.25, 0.3) is 5.91 Å². The number of rotatable bonds is 11.